The van der Waals surface area contributed by atoms with Crippen LogP contribution in [0.4, 0.5) is 17.6 Å². The van der Waals surface area contributed by atoms with E-state index in [0.717, 1.165) is 35.5 Å². The van der Waals surface area contributed by atoms with Gasteiger partial charge >= 0.3 is 12.1 Å². The molecule has 3 aromatic rings. The van der Waals surface area contributed by atoms with Crippen LogP contribution in [-0.2, 0) is 17.8 Å². The maximum atomic E-state index is 14.2. The number of carbonyl (C=O) groups is 1. The second kappa shape index (κ2) is 10.6. The van der Waals surface area contributed by atoms with E-state index < -0.39 is 12.1 Å². The van der Waals surface area contributed by atoms with Crippen molar-refractivity contribution in [3.05, 3.63) is 71.9 Å². The van der Waals surface area contributed by atoms with Crippen LogP contribution in [0.15, 0.2) is 54.9 Å². The number of halogens is 4. The van der Waals surface area contributed by atoms with Crippen LogP contribution in [0.2, 0.25) is 0 Å². The average Bonchev–Trinajstić information content (AvgIpc) is 3.11. The van der Waals surface area contributed by atoms with E-state index >= 15 is 0 Å². The Morgan fingerprint density at radius 1 is 1.13 bits per heavy atom. The Morgan fingerprint density at radius 2 is 1.74 bits per heavy atom. The van der Waals surface area contributed by atoms with Crippen LogP contribution in [0.25, 0.3) is 11.3 Å². The van der Waals surface area contributed by atoms with E-state index in [-0.39, 0.29) is 5.82 Å². The summed E-state index contributed by atoms with van der Waals surface area (Å²) in [4.78, 5) is 13.4. The molecule has 0 aliphatic heterocycles. The summed E-state index contributed by atoms with van der Waals surface area (Å²) in [5.74, 6) is -2.15. The molecule has 0 unspecified atom stereocenters. The SMILES string of the molecule is CCCc1c(-c2ccccc2F)ncn1Cc1ccccc1OC.O=C(O)C(F)(F)F. The Balaban J connectivity index is 0.000000423. The molecular formula is C22H22F4N2O3. The van der Waals surface area contributed by atoms with Crippen molar-refractivity contribution in [3.8, 4) is 17.0 Å². The third-order valence-corrected chi connectivity index (χ3v) is 4.34. The summed E-state index contributed by atoms with van der Waals surface area (Å²) >= 11 is 0. The van der Waals surface area contributed by atoms with Crippen molar-refractivity contribution >= 4 is 5.97 Å². The second-order valence-electron chi connectivity index (χ2n) is 6.51. The number of benzene rings is 2. The van der Waals surface area contributed by atoms with E-state index in [1.807, 2.05) is 30.3 Å². The highest BCUT2D eigenvalue weighted by Gasteiger charge is 2.38. The van der Waals surface area contributed by atoms with Crippen molar-refractivity contribution in [3.63, 3.8) is 0 Å². The molecular weight excluding hydrogens is 416 g/mol. The first-order valence-electron chi connectivity index (χ1n) is 9.39. The molecule has 166 valence electrons. The minimum atomic E-state index is -5.08. The number of hydrogen-bond donors (Lipinski definition) is 1. The van der Waals surface area contributed by atoms with Crippen LogP contribution in [0.3, 0.4) is 0 Å². The molecule has 0 spiro atoms. The van der Waals surface area contributed by atoms with Crippen LogP contribution in [0, 0.1) is 5.82 Å². The smallest absolute Gasteiger partial charge is 0.490 e. The predicted molar refractivity (Wildman–Crippen MR) is 107 cm³/mol. The number of aromatic nitrogens is 2. The van der Waals surface area contributed by atoms with Crippen molar-refractivity contribution < 1.29 is 32.2 Å². The van der Waals surface area contributed by atoms with Gasteiger partial charge in [-0.05, 0) is 24.6 Å². The number of para-hydroxylation sites is 1. The Labute approximate surface area is 176 Å². The van der Waals surface area contributed by atoms with Gasteiger partial charge in [0.05, 0.1) is 25.7 Å². The van der Waals surface area contributed by atoms with Crippen molar-refractivity contribution in [2.75, 3.05) is 7.11 Å². The van der Waals surface area contributed by atoms with E-state index in [0.29, 0.717) is 12.1 Å². The number of hydrogen-bond acceptors (Lipinski definition) is 3. The summed E-state index contributed by atoms with van der Waals surface area (Å²) in [6.07, 6.45) is -1.48. The maximum absolute atomic E-state index is 14.2. The van der Waals surface area contributed by atoms with E-state index in [4.69, 9.17) is 14.6 Å². The number of methoxy groups -OCH3 is 1. The molecule has 1 N–H and O–H groups in total. The topological polar surface area (TPSA) is 64.4 Å². The van der Waals surface area contributed by atoms with E-state index in [1.54, 1.807) is 25.6 Å². The van der Waals surface area contributed by atoms with E-state index in [1.165, 1.54) is 6.07 Å². The molecule has 0 aliphatic rings. The number of ether oxygens (including phenoxy) is 1. The largest absolute Gasteiger partial charge is 0.496 e. The van der Waals surface area contributed by atoms with Crippen molar-refractivity contribution in [2.45, 2.75) is 32.5 Å². The fourth-order valence-electron chi connectivity index (χ4n) is 2.94. The summed E-state index contributed by atoms with van der Waals surface area (Å²) in [6, 6.07) is 14.7. The normalized spacial score (nSPS) is 10.9. The number of carboxylic acids is 1. The average molecular weight is 438 g/mol. The van der Waals surface area contributed by atoms with Crippen LogP contribution in [0.1, 0.15) is 24.6 Å². The Hall–Kier alpha value is -3.36. The summed E-state index contributed by atoms with van der Waals surface area (Å²) in [6.45, 7) is 2.77. The zero-order valence-corrected chi connectivity index (χ0v) is 17.0. The van der Waals surface area contributed by atoms with Gasteiger partial charge in [0.1, 0.15) is 11.6 Å². The van der Waals surface area contributed by atoms with Gasteiger partial charge in [-0.1, -0.05) is 43.7 Å². The Kier molecular flexibility index (Phi) is 8.18. The Bertz CT molecular complexity index is 1020. The van der Waals surface area contributed by atoms with Crippen LogP contribution in [-0.4, -0.2) is 33.9 Å². The van der Waals surface area contributed by atoms with E-state index in [9.17, 15) is 17.6 Å². The molecule has 3 rings (SSSR count). The summed E-state index contributed by atoms with van der Waals surface area (Å²) in [5.41, 5.74) is 3.41. The first-order valence-corrected chi connectivity index (χ1v) is 9.39. The minimum Gasteiger partial charge on any atom is -0.496 e. The third-order valence-electron chi connectivity index (χ3n) is 4.34. The molecule has 0 atom stereocenters. The fourth-order valence-corrected chi connectivity index (χ4v) is 2.94. The van der Waals surface area contributed by atoms with Crippen LogP contribution in [0.5, 0.6) is 5.75 Å². The van der Waals surface area contributed by atoms with Gasteiger partial charge in [-0.2, -0.15) is 13.2 Å². The number of nitrogens with zero attached hydrogens (tertiary/aromatic N) is 2. The van der Waals surface area contributed by atoms with Gasteiger partial charge in [-0.3, -0.25) is 0 Å². The molecule has 0 bridgehead atoms. The molecule has 0 radical (unpaired) electrons. The zero-order chi connectivity index (χ0) is 23.0. The first kappa shape index (κ1) is 23.9. The molecule has 5 nitrogen and oxygen atoms in total. The van der Waals surface area contributed by atoms with Gasteiger partial charge in [-0.15, -0.1) is 0 Å². The van der Waals surface area contributed by atoms with Crippen molar-refractivity contribution in [1.82, 2.24) is 9.55 Å². The quantitative estimate of drug-likeness (QED) is 0.529. The summed E-state index contributed by atoms with van der Waals surface area (Å²) < 4.78 is 53.4. The Morgan fingerprint density at radius 3 is 2.32 bits per heavy atom. The zero-order valence-electron chi connectivity index (χ0n) is 17.0. The molecule has 9 heteroatoms. The molecule has 2 aromatic carbocycles. The van der Waals surface area contributed by atoms with Gasteiger partial charge in [-0.25, -0.2) is 14.2 Å². The number of aliphatic carboxylic acids is 1. The van der Waals surface area contributed by atoms with E-state index in [2.05, 4.69) is 16.5 Å². The molecule has 0 aliphatic carbocycles. The first-order chi connectivity index (χ1) is 14.7. The lowest BCUT2D eigenvalue weighted by atomic mass is 10.1. The van der Waals surface area contributed by atoms with Gasteiger partial charge < -0.3 is 14.4 Å². The maximum Gasteiger partial charge on any atom is 0.490 e. The standard InChI is InChI=1S/C20H21FN2O.C2HF3O2/c1-3-8-18-20(16-10-5-6-11-17(16)21)22-14-23(18)13-15-9-4-7-12-19(15)24-2;3-2(4,5)1(6)7/h4-7,9-12,14H,3,8,13H2,1-2H3;(H,6,7). The highest BCUT2D eigenvalue weighted by molar-refractivity contribution is 5.73. The summed E-state index contributed by atoms with van der Waals surface area (Å²) in [7, 11) is 1.67. The van der Waals surface area contributed by atoms with Crippen LogP contribution < -0.4 is 4.74 Å². The number of rotatable bonds is 6. The molecule has 1 aromatic heterocycles. The van der Waals surface area contributed by atoms with Gasteiger partial charge in [0.2, 0.25) is 0 Å². The molecule has 0 fully saturated rings. The van der Waals surface area contributed by atoms with Gasteiger partial charge in [0.15, 0.2) is 0 Å². The highest BCUT2D eigenvalue weighted by Crippen LogP contribution is 2.27. The monoisotopic (exact) mass is 438 g/mol. The fraction of sp³-hybridized carbons (Fsp3) is 0.273. The second-order valence-corrected chi connectivity index (χ2v) is 6.51. The van der Waals surface area contributed by atoms with Gasteiger partial charge in [0.25, 0.3) is 0 Å². The number of imidazole rings is 1. The predicted octanol–water partition coefficient (Wildman–Crippen LogP) is 5.33. The van der Waals surface area contributed by atoms with Crippen LogP contribution >= 0.6 is 0 Å². The lowest BCUT2D eigenvalue weighted by Gasteiger charge is -2.12. The molecule has 0 saturated heterocycles. The molecule has 0 amide bonds. The minimum absolute atomic E-state index is 0.239. The third kappa shape index (κ3) is 6.31. The summed E-state index contributed by atoms with van der Waals surface area (Å²) in [5, 5.41) is 7.12. The van der Waals surface area contributed by atoms with Crippen molar-refractivity contribution in [2.24, 2.45) is 0 Å². The lowest BCUT2D eigenvalue weighted by molar-refractivity contribution is -0.192. The molecule has 1 heterocycles. The number of carboxylic acid groups (broad SMARTS) is 1. The van der Waals surface area contributed by atoms with Gasteiger partial charge in [0, 0.05) is 16.8 Å². The number of alkyl halides is 3. The highest BCUT2D eigenvalue weighted by atomic mass is 19.4. The lowest BCUT2D eigenvalue weighted by Crippen LogP contribution is -2.21. The van der Waals surface area contributed by atoms with Crippen molar-refractivity contribution in [1.29, 1.82) is 0 Å². The molecule has 31 heavy (non-hydrogen) atoms. The molecule has 0 saturated carbocycles.